The average molecular weight is 309 g/mol. The SMILES string of the molecule is CCC(C)C(NC(=O)c1csc2c1CCC(C)C2)C(=O)O. The predicted molar refractivity (Wildman–Crippen MR) is 83.9 cm³/mol. The molecule has 0 bridgehead atoms. The van der Waals surface area contributed by atoms with Gasteiger partial charge in [-0.2, -0.15) is 0 Å². The van der Waals surface area contributed by atoms with Crippen LogP contribution in [0.25, 0.3) is 0 Å². The molecular formula is C16H23NO3S. The number of nitrogens with one attached hydrogen (secondary N) is 1. The summed E-state index contributed by atoms with van der Waals surface area (Å²) in [5.74, 6) is -0.620. The van der Waals surface area contributed by atoms with Crippen molar-refractivity contribution in [3.8, 4) is 0 Å². The summed E-state index contributed by atoms with van der Waals surface area (Å²) in [7, 11) is 0. The Morgan fingerprint density at radius 3 is 2.86 bits per heavy atom. The number of carbonyl (C=O) groups excluding carboxylic acids is 1. The number of thiophene rings is 1. The minimum absolute atomic E-state index is 0.0825. The van der Waals surface area contributed by atoms with Gasteiger partial charge in [-0.1, -0.05) is 27.2 Å². The molecule has 1 aliphatic carbocycles. The molecule has 0 aromatic carbocycles. The molecule has 3 atom stereocenters. The van der Waals surface area contributed by atoms with Crippen molar-refractivity contribution in [3.63, 3.8) is 0 Å². The van der Waals surface area contributed by atoms with Crippen LogP contribution in [0.15, 0.2) is 5.38 Å². The average Bonchev–Trinajstić information content (AvgIpc) is 2.86. The van der Waals surface area contributed by atoms with Gasteiger partial charge in [-0.25, -0.2) is 4.79 Å². The van der Waals surface area contributed by atoms with Crippen molar-refractivity contribution in [2.24, 2.45) is 11.8 Å². The second-order valence-corrected chi connectivity index (χ2v) is 7.04. The maximum Gasteiger partial charge on any atom is 0.326 e. The zero-order valence-electron chi connectivity index (χ0n) is 12.8. The van der Waals surface area contributed by atoms with Gasteiger partial charge in [0.05, 0.1) is 5.56 Å². The molecule has 0 radical (unpaired) electrons. The highest BCUT2D eigenvalue weighted by atomic mass is 32.1. The molecule has 1 aromatic rings. The van der Waals surface area contributed by atoms with Gasteiger partial charge in [-0.05, 0) is 36.7 Å². The Labute approximate surface area is 129 Å². The van der Waals surface area contributed by atoms with Crippen LogP contribution >= 0.6 is 11.3 Å². The lowest BCUT2D eigenvalue weighted by molar-refractivity contribution is -0.140. The molecule has 1 aromatic heterocycles. The molecule has 0 fully saturated rings. The van der Waals surface area contributed by atoms with Crippen molar-refractivity contribution in [3.05, 3.63) is 21.4 Å². The lowest BCUT2D eigenvalue weighted by Gasteiger charge is -2.22. The molecule has 4 nitrogen and oxygen atoms in total. The molecule has 2 N–H and O–H groups in total. The van der Waals surface area contributed by atoms with Crippen LogP contribution in [0.3, 0.4) is 0 Å². The van der Waals surface area contributed by atoms with E-state index in [0.29, 0.717) is 11.5 Å². The summed E-state index contributed by atoms with van der Waals surface area (Å²) in [4.78, 5) is 25.0. The van der Waals surface area contributed by atoms with E-state index < -0.39 is 12.0 Å². The standard InChI is InChI=1S/C16H23NO3S/c1-4-10(3)14(16(19)20)17-15(18)12-8-21-13-7-9(2)5-6-11(12)13/h8-10,14H,4-7H2,1-3H3,(H,17,18)(H,19,20). The quantitative estimate of drug-likeness (QED) is 0.878. The molecule has 116 valence electrons. The van der Waals surface area contributed by atoms with Crippen LogP contribution < -0.4 is 5.32 Å². The first-order chi connectivity index (χ1) is 9.93. The lowest BCUT2D eigenvalue weighted by atomic mass is 9.88. The van der Waals surface area contributed by atoms with Gasteiger partial charge in [-0.3, -0.25) is 4.79 Å². The molecule has 5 heteroatoms. The van der Waals surface area contributed by atoms with Crippen molar-refractivity contribution in [2.75, 3.05) is 0 Å². The van der Waals surface area contributed by atoms with Crippen LogP contribution in [-0.4, -0.2) is 23.0 Å². The molecule has 0 saturated carbocycles. The van der Waals surface area contributed by atoms with Crippen LogP contribution in [0.1, 0.15) is 54.4 Å². The fourth-order valence-corrected chi connectivity index (χ4v) is 4.01. The van der Waals surface area contributed by atoms with Gasteiger partial charge in [0.2, 0.25) is 0 Å². The third kappa shape index (κ3) is 3.46. The first-order valence-electron chi connectivity index (χ1n) is 7.56. The largest absolute Gasteiger partial charge is 0.480 e. The number of carbonyl (C=O) groups is 2. The second kappa shape index (κ2) is 6.60. The van der Waals surface area contributed by atoms with E-state index in [2.05, 4.69) is 12.2 Å². The number of fused-ring (bicyclic) bond motifs is 1. The number of carboxylic acid groups (broad SMARTS) is 1. The maximum absolute atomic E-state index is 12.4. The summed E-state index contributed by atoms with van der Waals surface area (Å²) in [6, 6.07) is -0.819. The number of carboxylic acids is 1. The summed E-state index contributed by atoms with van der Waals surface area (Å²) in [6.45, 7) is 6.01. The Bertz CT molecular complexity index is 538. The van der Waals surface area contributed by atoms with E-state index >= 15 is 0 Å². The van der Waals surface area contributed by atoms with Crippen LogP contribution in [0.2, 0.25) is 0 Å². The van der Waals surface area contributed by atoms with Gasteiger partial charge in [0.25, 0.3) is 5.91 Å². The van der Waals surface area contributed by atoms with Gasteiger partial charge in [0, 0.05) is 10.3 Å². The predicted octanol–water partition coefficient (Wildman–Crippen LogP) is 3.10. The minimum atomic E-state index is -0.963. The Morgan fingerprint density at radius 2 is 2.24 bits per heavy atom. The number of rotatable bonds is 5. The molecule has 21 heavy (non-hydrogen) atoms. The first kappa shape index (κ1) is 16.0. The molecule has 0 aliphatic heterocycles. The van der Waals surface area contributed by atoms with Crippen molar-refractivity contribution in [1.29, 1.82) is 0 Å². The fraction of sp³-hybridized carbons (Fsp3) is 0.625. The molecular weight excluding hydrogens is 286 g/mol. The molecule has 1 heterocycles. The number of aliphatic carboxylic acids is 1. The second-order valence-electron chi connectivity index (χ2n) is 6.07. The number of amides is 1. The third-order valence-electron chi connectivity index (χ3n) is 4.41. The molecule has 3 unspecified atom stereocenters. The molecule has 0 spiro atoms. The van der Waals surface area contributed by atoms with E-state index in [9.17, 15) is 14.7 Å². The highest BCUT2D eigenvalue weighted by molar-refractivity contribution is 7.10. The molecule has 0 saturated heterocycles. The van der Waals surface area contributed by atoms with E-state index in [0.717, 1.165) is 31.2 Å². The molecule has 1 amide bonds. The minimum Gasteiger partial charge on any atom is -0.480 e. The van der Waals surface area contributed by atoms with Crippen LogP contribution in [-0.2, 0) is 17.6 Å². The third-order valence-corrected chi connectivity index (χ3v) is 5.46. The Hall–Kier alpha value is -1.36. The first-order valence-corrected chi connectivity index (χ1v) is 8.44. The zero-order chi connectivity index (χ0) is 15.6. The molecule has 1 aliphatic rings. The smallest absolute Gasteiger partial charge is 0.326 e. The van der Waals surface area contributed by atoms with E-state index in [1.165, 1.54) is 4.88 Å². The highest BCUT2D eigenvalue weighted by Gasteiger charge is 2.28. The molecule has 2 rings (SSSR count). The summed E-state index contributed by atoms with van der Waals surface area (Å²) in [6.07, 6.45) is 3.76. The van der Waals surface area contributed by atoms with Gasteiger partial charge in [0.15, 0.2) is 0 Å². The highest BCUT2D eigenvalue weighted by Crippen LogP contribution is 2.32. The van der Waals surface area contributed by atoms with Gasteiger partial charge in [-0.15, -0.1) is 11.3 Å². The van der Waals surface area contributed by atoms with E-state index in [1.807, 2.05) is 19.2 Å². The summed E-state index contributed by atoms with van der Waals surface area (Å²) >= 11 is 1.63. The van der Waals surface area contributed by atoms with Crippen molar-refractivity contribution < 1.29 is 14.7 Å². The van der Waals surface area contributed by atoms with Crippen LogP contribution in [0.4, 0.5) is 0 Å². The summed E-state index contributed by atoms with van der Waals surface area (Å²) in [5.41, 5.74) is 1.81. The van der Waals surface area contributed by atoms with Crippen molar-refractivity contribution in [2.45, 2.75) is 52.5 Å². The number of hydrogen-bond donors (Lipinski definition) is 2. The lowest BCUT2D eigenvalue weighted by Crippen LogP contribution is -2.45. The maximum atomic E-state index is 12.4. The van der Waals surface area contributed by atoms with E-state index in [-0.39, 0.29) is 11.8 Å². The number of hydrogen-bond acceptors (Lipinski definition) is 3. The normalized spacial score (nSPS) is 20.4. The zero-order valence-corrected chi connectivity index (χ0v) is 13.6. The summed E-state index contributed by atoms with van der Waals surface area (Å²) in [5, 5.41) is 13.9. The van der Waals surface area contributed by atoms with Crippen LogP contribution in [0.5, 0.6) is 0 Å². The fourth-order valence-electron chi connectivity index (χ4n) is 2.77. The Kier molecular flexibility index (Phi) is 5.04. The topological polar surface area (TPSA) is 66.4 Å². The Balaban J connectivity index is 2.15. The van der Waals surface area contributed by atoms with E-state index in [4.69, 9.17) is 0 Å². The van der Waals surface area contributed by atoms with Gasteiger partial charge >= 0.3 is 5.97 Å². The van der Waals surface area contributed by atoms with Gasteiger partial charge in [0.1, 0.15) is 6.04 Å². The van der Waals surface area contributed by atoms with Crippen molar-refractivity contribution in [1.82, 2.24) is 5.32 Å². The Morgan fingerprint density at radius 1 is 1.52 bits per heavy atom. The van der Waals surface area contributed by atoms with E-state index in [1.54, 1.807) is 11.3 Å². The summed E-state index contributed by atoms with van der Waals surface area (Å²) < 4.78 is 0. The van der Waals surface area contributed by atoms with Gasteiger partial charge < -0.3 is 10.4 Å². The van der Waals surface area contributed by atoms with Crippen molar-refractivity contribution >= 4 is 23.2 Å². The monoisotopic (exact) mass is 309 g/mol. The van der Waals surface area contributed by atoms with Crippen LogP contribution in [0, 0.1) is 11.8 Å².